The van der Waals surface area contributed by atoms with Crippen molar-refractivity contribution in [2.24, 2.45) is 5.41 Å². The SMILES string of the molecule is CC(C)(C)[C@]1(O)CN[C@H](C(=O)O)C1. The maximum atomic E-state index is 10.6. The van der Waals surface area contributed by atoms with E-state index in [-0.39, 0.29) is 11.8 Å². The van der Waals surface area contributed by atoms with Gasteiger partial charge >= 0.3 is 5.97 Å². The van der Waals surface area contributed by atoms with Crippen molar-refractivity contribution in [1.29, 1.82) is 0 Å². The van der Waals surface area contributed by atoms with E-state index in [1.807, 2.05) is 20.8 Å². The molecule has 1 aliphatic rings. The topological polar surface area (TPSA) is 69.6 Å². The zero-order valence-corrected chi connectivity index (χ0v) is 8.29. The molecule has 13 heavy (non-hydrogen) atoms. The van der Waals surface area contributed by atoms with Crippen LogP contribution in [0.3, 0.4) is 0 Å². The molecule has 0 aromatic rings. The molecule has 0 saturated carbocycles. The van der Waals surface area contributed by atoms with Crippen LogP contribution in [0.2, 0.25) is 0 Å². The number of aliphatic hydroxyl groups is 1. The van der Waals surface area contributed by atoms with Crippen molar-refractivity contribution in [1.82, 2.24) is 5.32 Å². The number of β-amino-alcohol motifs (C(OH)–C–C–N with tert-alkyl or cyclic N) is 1. The first-order valence-electron chi connectivity index (χ1n) is 4.45. The number of rotatable bonds is 1. The molecular weight excluding hydrogens is 170 g/mol. The third kappa shape index (κ3) is 1.84. The minimum absolute atomic E-state index is 0.284. The summed E-state index contributed by atoms with van der Waals surface area (Å²) in [7, 11) is 0. The van der Waals surface area contributed by atoms with Crippen LogP contribution in [0.5, 0.6) is 0 Å². The van der Waals surface area contributed by atoms with Crippen LogP contribution in [0.15, 0.2) is 0 Å². The van der Waals surface area contributed by atoms with Crippen LogP contribution >= 0.6 is 0 Å². The van der Waals surface area contributed by atoms with E-state index in [0.29, 0.717) is 6.54 Å². The molecule has 1 heterocycles. The van der Waals surface area contributed by atoms with Crippen LogP contribution in [0.1, 0.15) is 27.2 Å². The Labute approximate surface area is 78.0 Å². The second-order valence-corrected chi connectivity index (χ2v) is 4.76. The molecule has 4 nitrogen and oxygen atoms in total. The van der Waals surface area contributed by atoms with Crippen molar-refractivity contribution in [3.8, 4) is 0 Å². The number of carbonyl (C=O) groups is 1. The molecule has 1 aliphatic heterocycles. The number of hydrogen-bond acceptors (Lipinski definition) is 3. The van der Waals surface area contributed by atoms with Gasteiger partial charge in [-0.3, -0.25) is 4.79 Å². The molecule has 1 saturated heterocycles. The zero-order valence-electron chi connectivity index (χ0n) is 8.29. The highest BCUT2D eigenvalue weighted by molar-refractivity contribution is 5.74. The second-order valence-electron chi connectivity index (χ2n) is 4.76. The van der Waals surface area contributed by atoms with E-state index in [1.165, 1.54) is 0 Å². The predicted molar refractivity (Wildman–Crippen MR) is 48.4 cm³/mol. The Bertz CT molecular complexity index is 221. The van der Waals surface area contributed by atoms with Gasteiger partial charge in [0, 0.05) is 13.0 Å². The number of carboxylic acid groups (broad SMARTS) is 1. The highest BCUT2D eigenvalue weighted by atomic mass is 16.4. The molecule has 76 valence electrons. The van der Waals surface area contributed by atoms with Crippen molar-refractivity contribution < 1.29 is 15.0 Å². The summed E-state index contributed by atoms with van der Waals surface area (Å²) in [4.78, 5) is 10.6. The molecule has 3 N–H and O–H groups in total. The molecule has 0 aromatic heterocycles. The van der Waals surface area contributed by atoms with Gasteiger partial charge in [-0.1, -0.05) is 20.8 Å². The molecule has 4 heteroatoms. The van der Waals surface area contributed by atoms with Gasteiger partial charge in [-0.15, -0.1) is 0 Å². The first-order valence-corrected chi connectivity index (χ1v) is 4.45. The van der Waals surface area contributed by atoms with Crippen LogP contribution in [0, 0.1) is 5.41 Å². The Hall–Kier alpha value is -0.610. The Morgan fingerprint density at radius 2 is 2.08 bits per heavy atom. The lowest BCUT2D eigenvalue weighted by Gasteiger charge is -2.36. The van der Waals surface area contributed by atoms with Crippen molar-refractivity contribution in [3.05, 3.63) is 0 Å². The average Bonchev–Trinajstić information content (AvgIpc) is 2.31. The smallest absolute Gasteiger partial charge is 0.320 e. The van der Waals surface area contributed by atoms with E-state index in [2.05, 4.69) is 5.32 Å². The summed E-state index contributed by atoms with van der Waals surface area (Å²) in [6.45, 7) is 6.10. The van der Waals surface area contributed by atoms with Crippen molar-refractivity contribution in [3.63, 3.8) is 0 Å². The monoisotopic (exact) mass is 187 g/mol. The third-order valence-corrected chi connectivity index (χ3v) is 2.88. The molecular formula is C9H17NO3. The van der Waals surface area contributed by atoms with Gasteiger partial charge in [0.1, 0.15) is 6.04 Å². The van der Waals surface area contributed by atoms with E-state index >= 15 is 0 Å². The lowest BCUT2D eigenvalue weighted by Crippen LogP contribution is -2.44. The Morgan fingerprint density at radius 1 is 1.54 bits per heavy atom. The van der Waals surface area contributed by atoms with E-state index < -0.39 is 17.6 Å². The summed E-state index contributed by atoms with van der Waals surface area (Å²) in [5.74, 6) is -0.889. The van der Waals surface area contributed by atoms with Crippen molar-refractivity contribution in [2.45, 2.75) is 38.8 Å². The van der Waals surface area contributed by atoms with Crippen LogP contribution in [-0.4, -0.2) is 34.4 Å². The van der Waals surface area contributed by atoms with Crippen LogP contribution in [0.25, 0.3) is 0 Å². The van der Waals surface area contributed by atoms with Gasteiger partial charge in [-0.05, 0) is 5.41 Å². The molecule has 0 amide bonds. The fourth-order valence-electron chi connectivity index (χ4n) is 1.52. The van der Waals surface area contributed by atoms with Crippen LogP contribution in [-0.2, 0) is 4.79 Å². The zero-order chi connectivity index (χ0) is 10.3. The van der Waals surface area contributed by atoms with Crippen molar-refractivity contribution in [2.75, 3.05) is 6.54 Å². The molecule has 2 atom stereocenters. The summed E-state index contributed by atoms with van der Waals surface area (Å²) in [5, 5.41) is 21.7. The molecule has 1 fully saturated rings. The maximum Gasteiger partial charge on any atom is 0.320 e. The first-order chi connectivity index (χ1) is 5.76. The first kappa shape index (κ1) is 10.5. The Morgan fingerprint density at radius 3 is 2.31 bits per heavy atom. The summed E-state index contributed by atoms with van der Waals surface area (Å²) < 4.78 is 0. The minimum Gasteiger partial charge on any atom is -0.480 e. The summed E-state index contributed by atoms with van der Waals surface area (Å²) in [5.41, 5.74) is -1.19. The lowest BCUT2D eigenvalue weighted by molar-refractivity contribution is -0.139. The van der Waals surface area contributed by atoms with Gasteiger partial charge in [-0.25, -0.2) is 0 Å². The Balaban J connectivity index is 2.72. The van der Waals surface area contributed by atoms with Gasteiger partial charge in [0.25, 0.3) is 0 Å². The van der Waals surface area contributed by atoms with Crippen molar-refractivity contribution >= 4 is 5.97 Å². The Kier molecular flexibility index (Phi) is 2.38. The maximum absolute atomic E-state index is 10.6. The van der Waals surface area contributed by atoms with Crippen LogP contribution in [0.4, 0.5) is 0 Å². The van der Waals surface area contributed by atoms with E-state index in [9.17, 15) is 9.90 Å². The standard InChI is InChI=1S/C9H17NO3/c1-8(2,3)9(13)4-6(7(11)12)10-5-9/h6,10,13H,4-5H2,1-3H3,(H,11,12)/t6-,9+/m0/s1. The molecule has 1 rings (SSSR count). The van der Waals surface area contributed by atoms with E-state index in [1.54, 1.807) is 0 Å². The number of nitrogens with one attached hydrogen (secondary N) is 1. The fourth-order valence-corrected chi connectivity index (χ4v) is 1.52. The number of hydrogen-bond donors (Lipinski definition) is 3. The summed E-state index contributed by atoms with van der Waals surface area (Å²) >= 11 is 0. The molecule has 0 radical (unpaired) electrons. The second kappa shape index (κ2) is 2.96. The predicted octanol–water partition coefficient (Wildman–Crippen LogP) is 0.210. The van der Waals surface area contributed by atoms with E-state index in [4.69, 9.17) is 5.11 Å². The molecule has 0 aliphatic carbocycles. The van der Waals surface area contributed by atoms with E-state index in [0.717, 1.165) is 0 Å². The molecule has 0 unspecified atom stereocenters. The van der Waals surface area contributed by atoms with Gasteiger partial charge in [0.15, 0.2) is 0 Å². The van der Waals surface area contributed by atoms with Gasteiger partial charge in [0.2, 0.25) is 0 Å². The minimum atomic E-state index is -0.907. The third-order valence-electron chi connectivity index (χ3n) is 2.88. The molecule has 0 bridgehead atoms. The van der Waals surface area contributed by atoms with Gasteiger partial charge < -0.3 is 15.5 Å². The normalized spacial score (nSPS) is 34.9. The lowest BCUT2D eigenvalue weighted by atomic mass is 9.75. The molecule has 0 aromatic carbocycles. The highest BCUT2D eigenvalue weighted by Gasteiger charge is 2.47. The van der Waals surface area contributed by atoms with Gasteiger partial charge in [0.05, 0.1) is 5.60 Å². The number of carboxylic acids is 1. The largest absolute Gasteiger partial charge is 0.480 e. The highest BCUT2D eigenvalue weighted by Crippen LogP contribution is 2.36. The quantitative estimate of drug-likeness (QED) is 0.549. The average molecular weight is 187 g/mol. The summed E-state index contributed by atoms with van der Waals surface area (Å²) in [6, 6.07) is -0.607. The fraction of sp³-hybridized carbons (Fsp3) is 0.889. The molecule has 0 spiro atoms. The summed E-state index contributed by atoms with van der Waals surface area (Å²) in [6.07, 6.45) is 0.284. The van der Waals surface area contributed by atoms with Crippen LogP contribution < -0.4 is 5.32 Å². The number of aliphatic carboxylic acids is 1. The van der Waals surface area contributed by atoms with Gasteiger partial charge in [-0.2, -0.15) is 0 Å².